The number of unbranched alkanes of at least 4 members (excludes halogenated alkanes) is 7. The summed E-state index contributed by atoms with van der Waals surface area (Å²) in [5, 5.41) is 194. The number of hydrogen-bond acceptors (Lipinski definition) is 34. The van der Waals surface area contributed by atoms with Crippen LogP contribution < -0.4 is 37.2 Å². The van der Waals surface area contributed by atoms with Crippen molar-refractivity contribution >= 4 is 64.1 Å². The Morgan fingerprint density at radius 1 is 0.338 bits per heavy atom. The van der Waals surface area contributed by atoms with Crippen LogP contribution in [-0.2, 0) is 42.9 Å². The Balaban J connectivity index is 0.000000199. The van der Waals surface area contributed by atoms with Crippen LogP contribution in [0.4, 0.5) is 34.5 Å². The Bertz CT molecular complexity index is 5970. The van der Waals surface area contributed by atoms with E-state index >= 15 is 0 Å². The molecule has 0 bridgehead atoms. The number of aliphatic hydroxyl groups excluding tert-OH is 16. The summed E-state index contributed by atoms with van der Waals surface area (Å²) in [5.41, 5.74) is 7.30. The Labute approximate surface area is 854 Å². The van der Waals surface area contributed by atoms with Crippen molar-refractivity contribution in [3.05, 3.63) is 361 Å². The number of pyridine rings is 6. The minimum absolute atomic E-state index is 0.106. The largest absolute Gasteiger partial charge is 0.479 e. The zero-order valence-corrected chi connectivity index (χ0v) is 80.7. The normalized spacial score (nSPS) is 20.3. The summed E-state index contributed by atoms with van der Waals surface area (Å²) in [4.78, 5) is 90.4. The molecule has 2 fully saturated rings. The van der Waals surface area contributed by atoms with Crippen LogP contribution in [0.1, 0.15) is 162 Å². The van der Waals surface area contributed by atoms with Gasteiger partial charge in [0.25, 0.3) is 17.7 Å². The van der Waals surface area contributed by atoms with Gasteiger partial charge in [0, 0.05) is 84.3 Å². The van der Waals surface area contributed by atoms with Crippen molar-refractivity contribution in [3.63, 3.8) is 0 Å². The third kappa shape index (κ3) is 31.9. The van der Waals surface area contributed by atoms with Crippen LogP contribution in [-0.4, -0.2) is 271 Å². The number of carboxylic acid groups (broad SMARTS) is 1. The molecule has 0 spiro atoms. The second kappa shape index (κ2) is 58.1. The number of anilines is 6. The van der Waals surface area contributed by atoms with Crippen molar-refractivity contribution in [2.75, 3.05) is 64.9 Å². The number of aliphatic hydroxyl groups is 16. The molecule has 784 valence electrons. The number of para-hydroxylation sites is 3. The van der Waals surface area contributed by atoms with Crippen LogP contribution in [0.3, 0.4) is 0 Å². The van der Waals surface area contributed by atoms with Crippen LogP contribution in [0.5, 0.6) is 0 Å². The van der Waals surface area contributed by atoms with Gasteiger partial charge in [-0.2, -0.15) is 0 Å². The predicted molar refractivity (Wildman–Crippen MR) is 544 cm³/mol. The maximum absolute atomic E-state index is 13.3. The molecule has 6 aromatic carbocycles. The number of nitrogens with zero attached hydrogens (tertiary/aromatic N) is 6. The summed E-state index contributed by atoms with van der Waals surface area (Å²) in [7, 11) is 0. The van der Waals surface area contributed by atoms with Gasteiger partial charge in [-0.3, -0.25) is 34.1 Å². The van der Waals surface area contributed by atoms with Crippen molar-refractivity contribution in [1.82, 2.24) is 35.2 Å². The lowest BCUT2D eigenvalue weighted by molar-refractivity contribution is -0.299. The summed E-state index contributed by atoms with van der Waals surface area (Å²) in [6.07, 6.45) is -12.2. The van der Waals surface area contributed by atoms with Crippen molar-refractivity contribution in [1.29, 1.82) is 0 Å². The smallest absolute Gasteiger partial charge is 0.335 e. The number of aromatic nitrogens is 6. The summed E-state index contributed by atoms with van der Waals surface area (Å²) in [5.74, 6) is -4.13. The molecule has 0 aliphatic carbocycles. The molecule has 39 nitrogen and oxygen atoms in total. The molecular weight excluding hydrogens is 1910 g/mol. The highest BCUT2D eigenvalue weighted by Gasteiger charge is 2.49. The monoisotopic (exact) mass is 2030 g/mol. The van der Waals surface area contributed by atoms with Gasteiger partial charge in [0.05, 0.1) is 67.4 Å². The van der Waals surface area contributed by atoms with Crippen LogP contribution >= 0.6 is 0 Å². The molecule has 24 atom stereocenters. The minimum Gasteiger partial charge on any atom is -0.479 e. The molecule has 0 radical (unpaired) electrons. The maximum Gasteiger partial charge on any atom is 0.335 e. The van der Waals surface area contributed by atoms with Crippen molar-refractivity contribution in [2.45, 2.75) is 204 Å². The lowest BCUT2D eigenvalue weighted by Crippen LogP contribution is -2.60. The van der Waals surface area contributed by atoms with E-state index in [1.807, 2.05) is 200 Å². The highest BCUT2D eigenvalue weighted by molar-refractivity contribution is 5.94. The molecule has 2 aliphatic heterocycles. The SMILES string of the molecule is O=C(CCCCCCCCCCNC(=O)[C@H](O)[C@H](O)[C@@H](O)[C@H](O)[C@H](O)CO)Nc1ccccc1[C@@H](Nc1ccccn1)[C@H](c1ccccn1)[C@H](O)c1ccccc1.O=C(CO[C@@H]1O[C@H](C(=O)O)[C@@H](O)[C@H](O)[C@H]1O)Nc1ccccc1[C@@H](Nc1ccccn1)[C@H](c1ccccn1)[C@H](O)c1ccccc1.O=C(CO[C@@H]1O[C@H](CO)[C@@H](O)[C@H](O)[C@H]1O)Nc1ccccc1[C@@H](Nc1ccccn1)[C@H](c1ccccn1)[C@H](O)c1ccccc1. The molecule has 8 heterocycles. The van der Waals surface area contributed by atoms with Crippen LogP contribution in [0, 0.1) is 0 Å². The summed E-state index contributed by atoms with van der Waals surface area (Å²) in [6.45, 7) is -2.52. The van der Waals surface area contributed by atoms with Gasteiger partial charge in [0.2, 0.25) is 5.91 Å². The van der Waals surface area contributed by atoms with E-state index in [9.17, 15) is 106 Å². The minimum atomic E-state index is -2.05. The van der Waals surface area contributed by atoms with E-state index in [-0.39, 0.29) is 12.5 Å². The van der Waals surface area contributed by atoms with Gasteiger partial charge in [-0.05, 0) is 137 Å². The Morgan fingerprint density at radius 2 is 0.669 bits per heavy atom. The first kappa shape index (κ1) is 113. The quantitative estimate of drug-likeness (QED) is 0.0165. The predicted octanol–water partition coefficient (Wildman–Crippen LogP) is 7.41. The van der Waals surface area contributed by atoms with Crippen LogP contribution in [0.2, 0.25) is 0 Å². The number of rotatable bonds is 49. The molecule has 2 saturated heterocycles. The van der Waals surface area contributed by atoms with Gasteiger partial charge >= 0.3 is 5.97 Å². The van der Waals surface area contributed by atoms with E-state index in [1.54, 1.807) is 110 Å². The number of amides is 4. The highest BCUT2D eigenvalue weighted by Crippen LogP contribution is 2.48. The number of carboxylic acids is 1. The van der Waals surface area contributed by atoms with Crippen molar-refractivity contribution < 1.29 is 130 Å². The van der Waals surface area contributed by atoms with Gasteiger partial charge in [0.15, 0.2) is 24.8 Å². The van der Waals surface area contributed by atoms with E-state index < -0.39 is 196 Å². The number of aliphatic carboxylic acids is 1. The second-order valence-corrected chi connectivity index (χ2v) is 35.4. The highest BCUT2D eigenvalue weighted by atomic mass is 16.7. The number of benzene rings is 6. The zero-order valence-electron chi connectivity index (χ0n) is 80.7. The number of ether oxygens (including phenoxy) is 4. The number of carbonyl (C=O) groups excluding carboxylic acids is 4. The van der Waals surface area contributed by atoms with Crippen LogP contribution in [0.25, 0.3) is 0 Å². The van der Waals surface area contributed by atoms with Gasteiger partial charge in [-0.15, -0.1) is 0 Å². The topological polar surface area (TPSA) is 628 Å². The van der Waals surface area contributed by atoms with Gasteiger partial charge in [0.1, 0.15) is 97.8 Å². The summed E-state index contributed by atoms with van der Waals surface area (Å²) in [6, 6.07) is 80.4. The average Bonchev–Trinajstić information content (AvgIpc) is 0.790. The average molecular weight is 2040 g/mol. The molecule has 4 amide bonds. The van der Waals surface area contributed by atoms with Crippen molar-refractivity contribution in [2.24, 2.45) is 0 Å². The molecular formula is C109H127N13O26. The molecule has 148 heavy (non-hydrogen) atoms. The van der Waals surface area contributed by atoms with E-state index in [0.717, 1.165) is 56.1 Å². The van der Waals surface area contributed by atoms with Gasteiger partial charge in [-0.1, -0.05) is 221 Å². The third-order valence-corrected chi connectivity index (χ3v) is 25.1. The third-order valence-electron chi connectivity index (χ3n) is 25.1. The fourth-order valence-electron chi connectivity index (χ4n) is 17.4. The van der Waals surface area contributed by atoms with Crippen LogP contribution in [0.15, 0.2) is 310 Å². The van der Waals surface area contributed by atoms with Gasteiger partial charge < -0.3 is 143 Å². The maximum atomic E-state index is 13.3. The molecule has 0 unspecified atom stereocenters. The van der Waals surface area contributed by atoms with Gasteiger partial charge in [-0.25, -0.2) is 19.7 Å². The second-order valence-electron chi connectivity index (χ2n) is 35.4. The van der Waals surface area contributed by atoms with E-state index in [2.05, 4.69) is 67.1 Å². The standard InChI is InChI=1S/C43H57N5O9.C33H34N4O9.C33H36N4O8/c49-28-33(50)39(53)40(54)41(55)42(56)43(57)46-27-15-6-4-2-1-3-5-10-24-35(51)47-31-21-12-11-20-30(31)37(48-34-23-14-17-26-45-34)36(32-22-13-16-25-44-32)38(52)29-18-8-7-9-19-29;38-24(18-45-33-30(42)28(40)29(41)31(46-33)32(43)44)36-21-13-5-4-12-20(21)26(37-23-15-7-9-17-35-23)25(22-14-6-8-16-34-22)27(39)19-10-2-1-3-11-19;38-18-24-30(41)31(42)32(43)33(45-24)44-19-26(39)36-22-13-5-4-12-21(22)28(37-25-15-7-9-17-35-25)27(23-14-6-8-16-34-23)29(40)20-10-2-1-3-11-20/h7-9,11-14,16-23,25-26,33,36-42,49-50,52-56H,1-6,10,15,24,27-28H2,(H,45,48)(H,46,57)(H,47,51);1-17,25-31,33,39-42H,18H2,(H,35,37)(H,36,38)(H,43,44);1-17,24,27-33,38,40-43H,18-19H2,(H,35,37)(H,36,39)/t33-,36+,37-,38-,39-,40+,41-,42-;25-,26+,27+,28-,29-,30+,31-,33+;24-,27+,28-,29-,30-,31+,32-,33-/m101/s1. The van der Waals surface area contributed by atoms with Crippen molar-refractivity contribution in [3.8, 4) is 0 Å². The molecule has 24 N–H and O–H groups in total. The first-order chi connectivity index (χ1) is 71.7. The first-order valence-corrected chi connectivity index (χ1v) is 48.6. The molecule has 6 aromatic heterocycles. The lowest BCUT2D eigenvalue weighted by atomic mass is 9.82. The molecule has 0 saturated carbocycles. The fourth-order valence-corrected chi connectivity index (χ4v) is 17.4. The Kier molecular flexibility index (Phi) is 44.3. The number of carbonyl (C=O) groups is 5. The lowest BCUT2D eigenvalue weighted by Gasteiger charge is -2.39. The number of hydrogen-bond donors (Lipinski definition) is 24. The molecule has 12 aromatic rings. The Hall–Kier alpha value is -13.8. The molecule has 2 aliphatic rings. The fraction of sp³-hybridized carbons (Fsp3) is 0.349. The summed E-state index contributed by atoms with van der Waals surface area (Å²) < 4.78 is 21.2. The summed E-state index contributed by atoms with van der Waals surface area (Å²) >= 11 is 0. The van der Waals surface area contributed by atoms with E-state index in [4.69, 9.17) is 24.1 Å². The zero-order chi connectivity index (χ0) is 105. The van der Waals surface area contributed by atoms with E-state index in [0.29, 0.717) is 86.7 Å². The van der Waals surface area contributed by atoms with E-state index in [1.165, 1.54) is 0 Å². The Morgan fingerprint density at radius 3 is 1.02 bits per heavy atom. The number of nitrogens with one attached hydrogen (secondary N) is 7. The molecule has 39 heteroatoms. The molecule has 14 rings (SSSR count). The first-order valence-electron chi connectivity index (χ1n) is 48.6.